The number of fused-ring (bicyclic) bond motifs is 1. The van der Waals surface area contributed by atoms with E-state index in [-0.39, 0.29) is 23.0 Å². The van der Waals surface area contributed by atoms with E-state index in [4.69, 9.17) is 4.52 Å². The lowest BCUT2D eigenvalue weighted by Gasteiger charge is -2.24. The molecule has 0 unspecified atom stereocenters. The summed E-state index contributed by atoms with van der Waals surface area (Å²) < 4.78 is 32.2. The van der Waals surface area contributed by atoms with Gasteiger partial charge >= 0.3 is 0 Å². The second-order valence-electron chi connectivity index (χ2n) is 7.04. The maximum atomic E-state index is 12.5. The zero-order chi connectivity index (χ0) is 16.7. The van der Waals surface area contributed by atoms with Crippen LogP contribution in [-0.2, 0) is 15.4 Å². The number of allylic oxidation sites excluding steroid dienone is 1. The van der Waals surface area contributed by atoms with Gasteiger partial charge in [-0.05, 0) is 25.2 Å². The third-order valence-corrected chi connectivity index (χ3v) is 7.01. The molecule has 3 rings (SSSR count). The van der Waals surface area contributed by atoms with E-state index < -0.39 is 10.0 Å². The zero-order valence-corrected chi connectivity index (χ0v) is 14.7. The Balaban J connectivity index is 1.87. The van der Waals surface area contributed by atoms with Crippen LogP contribution in [0.25, 0.3) is 0 Å². The summed E-state index contributed by atoms with van der Waals surface area (Å²) in [5.41, 5.74) is -0.290. The Morgan fingerprint density at radius 3 is 2.96 bits per heavy atom. The molecular weight excluding hydrogens is 314 g/mol. The number of rotatable bonds is 6. The molecule has 0 amide bonds. The summed E-state index contributed by atoms with van der Waals surface area (Å²) >= 11 is 0. The molecule has 1 aromatic heterocycles. The van der Waals surface area contributed by atoms with Gasteiger partial charge in [0.2, 0.25) is 15.9 Å². The molecule has 2 heterocycles. The highest BCUT2D eigenvalue weighted by Crippen LogP contribution is 2.50. The Morgan fingerprint density at radius 1 is 1.52 bits per heavy atom. The van der Waals surface area contributed by atoms with E-state index in [1.54, 1.807) is 10.4 Å². The number of nitrogens with zero attached hydrogens (tertiary/aromatic N) is 3. The van der Waals surface area contributed by atoms with Crippen LogP contribution in [-0.4, -0.2) is 41.7 Å². The lowest BCUT2D eigenvalue weighted by Crippen LogP contribution is -2.36. The van der Waals surface area contributed by atoms with Crippen molar-refractivity contribution < 1.29 is 12.9 Å². The lowest BCUT2D eigenvalue weighted by atomic mass is 9.80. The third kappa shape index (κ3) is 2.85. The molecule has 0 bridgehead atoms. The average molecular weight is 339 g/mol. The molecule has 2 aliphatic rings. The molecule has 6 nitrogen and oxygen atoms in total. The molecule has 7 heteroatoms. The predicted molar refractivity (Wildman–Crippen MR) is 87.6 cm³/mol. The van der Waals surface area contributed by atoms with Crippen molar-refractivity contribution >= 4 is 10.0 Å². The second kappa shape index (κ2) is 6.02. The monoisotopic (exact) mass is 339 g/mol. The van der Waals surface area contributed by atoms with Crippen molar-refractivity contribution in [2.75, 3.05) is 18.8 Å². The minimum Gasteiger partial charge on any atom is -0.339 e. The van der Waals surface area contributed by atoms with Gasteiger partial charge in [0.05, 0.1) is 11.2 Å². The van der Waals surface area contributed by atoms with Gasteiger partial charge in [-0.3, -0.25) is 0 Å². The SMILES string of the molecule is C=CCCS(=O)(=O)N1C[C@H]2CCC[C@@]2(c2nc(C(C)C)no2)C1. The van der Waals surface area contributed by atoms with E-state index in [2.05, 4.69) is 16.7 Å². The molecule has 1 saturated carbocycles. The number of sulfonamides is 1. The van der Waals surface area contributed by atoms with Crippen LogP contribution in [0, 0.1) is 5.92 Å². The van der Waals surface area contributed by atoms with Gasteiger partial charge in [-0.15, -0.1) is 6.58 Å². The molecule has 0 spiro atoms. The Hall–Kier alpha value is -1.21. The fourth-order valence-corrected chi connectivity index (χ4v) is 5.39. The summed E-state index contributed by atoms with van der Waals surface area (Å²) in [4.78, 5) is 4.59. The highest BCUT2D eigenvalue weighted by Gasteiger charge is 2.56. The summed E-state index contributed by atoms with van der Waals surface area (Å²) in [5.74, 6) is 1.94. The minimum absolute atomic E-state index is 0.125. The molecule has 2 atom stereocenters. The van der Waals surface area contributed by atoms with Gasteiger partial charge in [0.25, 0.3) is 0 Å². The van der Waals surface area contributed by atoms with E-state index in [1.165, 1.54) is 0 Å². The van der Waals surface area contributed by atoms with Crippen molar-refractivity contribution in [1.82, 2.24) is 14.4 Å². The molecule has 0 N–H and O–H groups in total. The summed E-state index contributed by atoms with van der Waals surface area (Å²) in [6.07, 6.45) is 5.16. The Morgan fingerprint density at radius 2 is 2.30 bits per heavy atom. The van der Waals surface area contributed by atoms with Gasteiger partial charge in [-0.2, -0.15) is 4.98 Å². The first-order valence-corrected chi connectivity index (χ1v) is 9.93. The summed E-state index contributed by atoms with van der Waals surface area (Å²) in [6, 6.07) is 0. The van der Waals surface area contributed by atoms with E-state index >= 15 is 0 Å². The minimum atomic E-state index is -3.25. The molecule has 1 aliphatic heterocycles. The molecule has 2 fully saturated rings. The number of hydrogen-bond donors (Lipinski definition) is 0. The highest BCUT2D eigenvalue weighted by molar-refractivity contribution is 7.89. The first-order chi connectivity index (χ1) is 10.9. The quantitative estimate of drug-likeness (QED) is 0.744. The maximum Gasteiger partial charge on any atom is 0.234 e. The average Bonchev–Trinajstić information content (AvgIpc) is 3.17. The lowest BCUT2D eigenvalue weighted by molar-refractivity contribution is 0.260. The molecule has 0 aromatic carbocycles. The maximum absolute atomic E-state index is 12.5. The van der Waals surface area contributed by atoms with Crippen molar-refractivity contribution in [3.05, 3.63) is 24.4 Å². The molecular formula is C16H25N3O3S. The number of aromatic nitrogens is 2. The summed E-state index contributed by atoms with van der Waals surface area (Å²) in [7, 11) is -3.25. The first-order valence-electron chi connectivity index (χ1n) is 8.32. The van der Waals surface area contributed by atoms with Crippen molar-refractivity contribution in [3.8, 4) is 0 Å². The van der Waals surface area contributed by atoms with Crippen LogP contribution < -0.4 is 0 Å². The van der Waals surface area contributed by atoms with Gasteiger partial charge in [0, 0.05) is 19.0 Å². The predicted octanol–water partition coefficient (Wildman–Crippen LogP) is 2.45. The van der Waals surface area contributed by atoms with Crippen molar-refractivity contribution in [2.45, 2.75) is 50.9 Å². The van der Waals surface area contributed by atoms with Crippen LogP contribution in [0.5, 0.6) is 0 Å². The van der Waals surface area contributed by atoms with Crippen molar-refractivity contribution in [2.24, 2.45) is 5.92 Å². The van der Waals surface area contributed by atoms with Crippen LogP contribution in [0.2, 0.25) is 0 Å². The van der Waals surface area contributed by atoms with Crippen LogP contribution in [0.15, 0.2) is 17.2 Å². The van der Waals surface area contributed by atoms with Gasteiger partial charge < -0.3 is 4.52 Å². The van der Waals surface area contributed by atoms with Crippen LogP contribution in [0.4, 0.5) is 0 Å². The van der Waals surface area contributed by atoms with E-state index in [0.29, 0.717) is 31.2 Å². The fourth-order valence-electron chi connectivity index (χ4n) is 3.84. The second-order valence-corrected chi connectivity index (χ2v) is 9.13. The van der Waals surface area contributed by atoms with E-state index in [1.807, 2.05) is 13.8 Å². The van der Waals surface area contributed by atoms with Gasteiger partial charge in [-0.1, -0.05) is 31.5 Å². The van der Waals surface area contributed by atoms with Crippen molar-refractivity contribution in [3.63, 3.8) is 0 Å². The normalized spacial score (nSPS) is 28.4. The molecule has 23 heavy (non-hydrogen) atoms. The van der Waals surface area contributed by atoms with Crippen LogP contribution in [0.1, 0.15) is 57.2 Å². The van der Waals surface area contributed by atoms with Crippen molar-refractivity contribution in [1.29, 1.82) is 0 Å². The summed E-state index contributed by atoms with van der Waals surface area (Å²) in [5, 5.41) is 4.08. The van der Waals surface area contributed by atoms with Crippen LogP contribution >= 0.6 is 0 Å². The molecule has 1 saturated heterocycles. The first kappa shape index (κ1) is 16.6. The van der Waals surface area contributed by atoms with Gasteiger partial charge in [0.1, 0.15) is 0 Å². The zero-order valence-electron chi connectivity index (χ0n) is 13.9. The van der Waals surface area contributed by atoms with Gasteiger partial charge in [-0.25, -0.2) is 12.7 Å². The number of hydrogen-bond acceptors (Lipinski definition) is 5. The fraction of sp³-hybridized carbons (Fsp3) is 0.750. The Kier molecular flexibility index (Phi) is 4.35. The summed E-state index contributed by atoms with van der Waals surface area (Å²) in [6.45, 7) is 8.70. The van der Waals surface area contributed by atoms with E-state index in [0.717, 1.165) is 19.3 Å². The van der Waals surface area contributed by atoms with Crippen LogP contribution in [0.3, 0.4) is 0 Å². The third-order valence-electron chi connectivity index (χ3n) is 5.20. The molecule has 1 aromatic rings. The standard InChI is InChI=1S/C16H25N3O3S/c1-4-5-9-23(20,21)19-10-13-7-6-8-16(13,11-19)15-17-14(12(2)3)18-22-15/h4,12-13H,1,5-11H2,2-3H3/t13-,16-/m1/s1. The smallest absolute Gasteiger partial charge is 0.234 e. The van der Waals surface area contributed by atoms with Gasteiger partial charge in [0.15, 0.2) is 5.82 Å². The topological polar surface area (TPSA) is 76.3 Å². The molecule has 1 aliphatic carbocycles. The Bertz CT molecular complexity index is 682. The largest absolute Gasteiger partial charge is 0.339 e. The van der Waals surface area contributed by atoms with E-state index in [9.17, 15) is 8.42 Å². The molecule has 128 valence electrons. The molecule has 0 radical (unpaired) electrons. The highest BCUT2D eigenvalue weighted by atomic mass is 32.2. The Labute approximate surface area is 138 Å².